The first-order chi connectivity index (χ1) is 9.61. The zero-order valence-corrected chi connectivity index (χ0v) is 14.3. The van der Waals surface area contributed by atoms with Crippen LogP contribution in [0.3, 0.4) is 0 Å². The quantitative estimate of drug-likeness (QED) is 0.214. The number of rotatable bonds is 11. The second kappa shape index (κ2) is 16.5. The van der Waals surface area contributed by atoms with Crippen LogP contribution >= 0.6 is 0 Å². The first kappa shape index (κ1) is 34.1. The molecule has 0 radical (unpaired) electrons. The summed E-state index contributed by atoms with van der Waals surface area (Å²) in [6.45, 7) is -0.736. The van der Waals surface area contributed by atoms with Crippen LogP contribution < -0.4 is 24.6 Å². The maximum absolute atomic E-state index is 10.7. The lowest BCUT2D eigenvalue weighted by molar-refractivity contribution is -0.146. The van der Waals surface area contributed by atoms with Gasteiger partial charge in [0.25, 0.3) is 0 Å². The van der Waals surface area contributed by atoms with Crippen LogP contribution in [0, 0.1) is 0 Å². The molecule has 0 fully saturated rings. The molecule has 0 bridgehead atoms. The highest BCUT2D eigenvalue weighted by Gasteiger charge is 2.23. The van der Waals surface area contributed by atoms with Gasteiger partial charge in [-0.25, -0.2) is 0 Å². The largest absolute Gasteiger partial charge is 0.480 e. The average Bonchev–Trinajstić information content (AvgIpc) is 2.24. The zero-order chi connectivity index (χ0) is 16.6. The van der Waals surface area contributed by atoms with E-state index in [0.717, 1.165) is 9.80 Å². The molecule has 1 unspecified atom stereocenters. The van der Waals surface area contributed by atoms with Crippen molar-refractivity contribution in [3.05, 3.63) is 0 Å². The maximum Gasteiger partial charge on any atom is 0.317 e. The van der Waals surface area contributed by atoms with Crippen molar-refractivity contribution in [3.63, 3.8) is 0 Å². The molecule has 25 heavy (non-hydrogen) atoms. The molecule has 14 nitrogen and oxygen atoms in total. The molecule has 0 spiro atoms. The standard InChI is InChI=1S/C11H18N2O8.4H3N/c1-7(13(5-10(18)19)6-11(20)21)2-12(3-8(14)15)4-9(16)17;;;;/h7H,2-6H2,1H3,(H,14,15)(H,16,17)(H,18,19)(H,20,21);4*1H3. The Kier molecular flexibility index (Phi) is 22.5. The molecule has 1 atom stereocenters. The molecule has 0 saturated carbocycles. The van der Waals surface area contributed by atoms with Crippen LogP contribution in [0.4, 0.5) is 0 Å². The summed E-state index contributed by atoms with van der Waals surface area (Å²) in [4.78, 5) is 44.9. The summed E-state index contributed by atoms with van der Waals surface area (Å²) < 4.78 is 0. The van der Waals surface area contributed by atoms with Crippen molar-refractivity contribution in [3.8, 4) is 0 Å². The second-order valence-corrected chi connectivity index (χ2v) is 4.50. The van der Waals surface area contributed by atoms with Gasteiger partial charge in [-0.15, -0.1) is 0 Å². The minimum absolute atomic E-state index is 0. The van der Waals surface area contributed by atoms with Crippen molar-refractivity contribution < 1.29 is 39.6 Å². The van der Waals surface area contributed by atoms with E-state index in [1.807, 2.05) is 0 Å². The average molecular weight is 374 g/mol. The lowest BCUT2D eigenvalue weighted by Gasteiger charge is -2.30. The van der Waals surface area contributed by atoms with Crippen molar-refractivity contribution >= 4 is 23.9 Å². The Morgan fingerprint density at radius 2 is 0.960 bits per heavy atom. The van der Waals surface area contributed by atoms with Crippen molar-refractivity contribution in [2.24, 2.45) is 0 Å². The van der Waals surface area contributed by atoms with Gasteiger partial charge in [0.2, 0.25) is 0 Å². The van der Waals surface area contributed by atoms with Gasteiger partial charge >= 0.3 is 23.9 Å². The van der Waals surface area contributed by atoms with Gasteiger partial charge in [-0.3, -0.25) is 29.0 Å². The summed E-state index contributed by atoms with van der Waals surface area (Å²) in [6.07, 6.45) is 0. The molecule has 14 heteroatoms. The summed E-state index contributed by atoms with van der Waals surface area (Å²) in [7, 11) is 0. The molecule has 0 amide bonds. The summed E-state index contributed by atoms with van der Waals surface area (Å²) in [5.74, 6) is -4.92. The molecular formula is C11H30N6O8. The van der Waals surface area contributed by atoms with Crippen LogP contribution in [0.2, 0.25) is 0 Å². The topological polar surface area (TPSA) is 296 Å². The summed E-state index contributed by atoms with van der Waals surface area (Å²) in [6, 6.07) is -0.643. The van der Waals surface area contributed by atoms with Crippen LogP contribution in [0.5, 0.6) is 0 Å². The molecule has 0 aliphatic carbocycles. The fourth-order valence-electron chi connectivity index (χ4n) is 1.77. The molecule has 0 aromatic rings. The smallest absolute Gasteiger partial charge is 0.317 e. The lowest BCUT2D eigenvalue weighted by Crippen LogP contribution is -2.48. The van der Waals surface area contributed by atoms with E-state index in [0.29, 0.717) is 0 Å². The molecule has 152 valence electrons. The SMILES string of the molecule is CC(CN(CC(=O)O)CC(=O)O)N(CC(=O)O)CC(=O)O.N.N.N.N. The van der Waals surface area contributed by atoms with E-state index in [9.17, 15) is 19.2 Å². The number of hydrogen-bond acceptors (Lipinski definition) is 10. The molecule has 16 N–H and O–H groups in total. The number of carboxylic acid groups (broad SMARTS) is 4. The zero-order valence-electron chi connectivity index (χ0n) is 14.3. The number of carboxylic acids is 4. The molecule has 0 heterocycles. The fraction of sp³-hybridized carbons (Fsp3) is 0.636. The highest BCUT2D eigenvalue weighted by Crippen LogP contribution is 2.03. The first-order valence-corrected chi connectivity index (χ1v) is 5.95. The number of hydrogen-bond donors (Lipinski definition) is 8. The number of aliphatic carboxylic acids is 4. The number of nitrogens with zero attached hydrogens (tertiary/aromatic N) is 2. The molecule has 0 aromatic carbocycles. The van der Waals surface area contributed by atoms with Crippen LogP contribution in [0.25, 0.3) is 0 Å². The van der Waals surface area contributed by atoms with Gasteiger partial charge < -0.3 is 45.0 Å². The van der Waals surface area contributed by atoms with E-state index >= 15 is 0 Å². The summed E-state index contributed by atoms with van der Waals surface area (Å²) >= 11 is 0. The van der Waals surface area contributed by atoms with Crippen LogP contribution in [0.1, 0.15) is 6.92 Å². The highest BCUT2D eigenvalue weighted by atomic mass is 16.4. The second-order valence-electron chi connectivity index (χ2n) is 4.50. The van der Waals surface area contributed by atoms with E-state index in [2.05, 4.69) is 0 Å². The summed E-state index contributed by atoms with van der Waals surface area (Å²) in [5, 5.41) is 34.9. The Balaban J connectivity index is -0.000000333. The number of carbonyl (C=O) groups is 4. The predicted octanol–water partition coefficient (Wildman–Crippen LogP) is -1.03. The van der Waals surface area contributed by atoms with E-state index in [1.165, 1.54) is 6.92 Å². The minimum atomic E-state index is -1.23. The van der Waals surface area contributed by atoms with Gasteiger partial charge in [-0.05, 0) is 6.92 Å². The molecule has 0 saturated heterocycles. The maximum atomic E-state index is 10.7. The fourth-order valence-corrected chi connectivity index (χ4v) is 1.77. The van der Waals surface area contributed by atoms with Gasteiger partial charge in [0, 0.05) is 12.6 Å². The van der Waals surface area contributed by atoms with Crippen LogP contribution in [-0.4, -0.2) is 92.9 Å². The molecule has 0 aliphatic heterocycles. The lowest BCUT2D eigenvalue weighted by atomic mass is 10.2. The van der Waals surface area contributed by atoms with E-state index in [-0.39, 0.29) is 31.1 Å². The first-order valence-electron chi connectivity index (χ1n) is 5.95. The van der Waals surface area contributed by atoms with Crippen molar-refractivity contribution in [1.82, 2.24) is 34.4 Å². The Hall–Kier alpha value is -2.36. The normalized spacial score (nSPS) is 10.4. The van der Waals surface area contributed by atoms with Crippen LogP contribution in [0.15, 0.2) is 0 Å². The third kappa shape index (κ3) is 17.8. The third-order valence-corrected chi connectivity index (χ3v) is 2.54. The Bertz CT molecular complexity index is 389. The molecule has 0 rings (SSSR count). The monoisotopic (exact) mass is 374 g/mol. The Morgan fingerprint density at radius 1 is 0.680 bits per heavy atom. The minimum Gasteiger partial charge on any atom is -0.480 e. The Labute approximate surface area is 144 Å². The summed E-state index contributed by atoms with van der Waals surface area (Å²) in [5.41, 5.74) is 0. The van der Waals surface area contributed by atoms with E-state index in [4.69, 9.17) is 20.4 Å². The van der Waals surface area contributed by atoms with Crippen molar-refractivity contribution in [1.29, 1.82) is 0 Å². The molecule has 0 aromatic heterocycles. The van der Waals surface area contributed by atoms with Gasteiger partial charge in [-0.1, -0.05) is 0 Å². The van der Waals surface area contributed by atoms with Gasteiger partial charge in [-0.2, -0.15) is 0 Å². The van der Waals surface area contributed by atoms with Gasteiger partial charge in [0.15, 0.2) is 0 Å². The predicted molar refractivity (Wildman–Crippen MR) is 88.1 cm³/mol. The third-order valence-electron chi connectivity index (χ3n) is 2.54. The van der Waals surface area contributed by atoms with Crippen LogP contribution in [-0.2, 0) is 19.2 Å². The van der Waals surface area contributed by atoms with Gasteiger partial charge in [0.1, 0.15) is 0 Å². The molecule has 0 aliphatic rings. The van der Waals surface area contributed by atoms with Gasteiger partial charge in [0.05, 0.1) is 26.2 Å². The van der Waals surface area contributed by atoms with Crippen molar-refractivity contribution in [2.45, 2.75) is 13.0 Å². The Morgan fingerprint density at radius 3 is 1.20 bits per heavy atom. The highest BCUT2D eigenvalue weighted by molar-refractivity contribution is 5.73. The molecular weight excluding hydrogens is 344 g/mol. The van der Waals surface area contributed by atoms with E-state index < -0.39 is 56.1 Å². The van der Waals surface area contributed by atoms with E-state index in [1.54, 1.807) is 0 Å². The van der Waals surface area contributed by atoms with Crippen molar-refractivity contribution in [2.75, 3.05) is 32.7 Å².